The number of imide groups is 1. The number of rotatable bonds is 4. The van der Waals surface area contributed by atoms with Crippen LogP contribution in [0.1, 0.15) is 20.7 Å². The van der Waals surface area contributed by atoms with E-state index in [2.05, 4.69) is 0 Å². The zero-order valence-electron chi connectivity index (χ0n) is 12.4. The SMILES string of the molecule is O=C1c2ccccc2C(=O)N1C/C=C/Cn1cc(F)c(=O)[nH]c1=O. The Morgan fingerprint density at radius 2 is 1.54 bits per heavy atom. The summed E-state index contributed by atoms with van der Waals surface area (Å²) in [5.74, 6) is -1.83. The number of amides is 2. The van der Waals surface area contributed by atoms with E-state index in [0.717, 1.165) is 15.7 Å². The van der Waals surface area contributed by atoms with E-state index >= 15 is 0 Å². The molecule has 0 aliphatic carbocycles. The molecule has 2 amide bonds. The molecule has 3 rings (SSSR count). The average Bonchev–Trinajstić information content (AvgIpc) is 2.81. The number of aromatic amines is 1. The Morgan fingerprint density at radius 1 is 0.958 bits per heavy atom. The second-order valence-corrected chi connectivity index (χ2v) is 5.13. The van der Waals surface area contributed by atoms with Crippen LogP contribution in [0.4, 0.5) is 4.39 Å². The number of H-pyrrole nitrogens is 1. The molecule has 1 aliphatic heterocycles. The molecule has 0 atom stereocenters. The third kappa shape index (κ3) is 2.69. The highest BCUT2D eigenvalue weighted by Crippen LogP contribution is 2.21. The van der Waals surface area contributed by atoms with Crippen LogP contribution in [-0.4, -0.2) is 32.8 Å². The number of fused-ring (bicyclic) bond motifs is 1. The molecule has 0 radical (unpaired) electrons. The van der Waals surface area contributed by atoms with E-state index in [9.17, 15) is 23.6 Å². The van der Waals surface area contributed by atoms with Crippen molar-refractivity contribution in [1.29, 1.82) is 0 Å². The maximum absolute atomic E-state index is 13.1. The van der Waals surface area contributed by atoms with E-state index in [4.69, 9.17) is 0 Å². The number of benzene rings is 1. The van der Waals surface area contributed by atoms with Crippen molar-refractivity contribution >= 4 is 11.8 Å². The monoisotopic (exact) mass is 329 g/mol. The maximum Gasteiger partial charge on any atom is 0.328 e. The molecule has 7 nitrogen and oxygen atoms in total. The van der Waals surface area contributed by atoms with Crippen molar-refractivity contribution in [2.24, 2.45) is 0 Å². The standard InChI is InChI=1S/C16H12FN3O4/c17-12-9-19(16(24)18-13(12)21)7-3-4-8-20-14(22)10-5-1-2-6-11(10)15(20)23/h1-6,9H,7-8H2,(H,18,21,24)/b4-3+. The third-order valence-electron chi connectivity index (χ3n) is 3.60. The molecule has 0 spiro atoms. The molecule has 24 heavy (non-hydrogen) atoms. The van der Waals surface area contributed by atoms with E-state index in [0.29, 0.717) is 11.1 Å². The number of halogens is 1. The first-order chi connectivity index (χ1) is 11.5. The van der Waals surface area contributed by atoms with Crippen LogP contribution in [0.15, 0.2) is 52.2 Å². The topological polar surface area (TPSA) is 92.2 Å². The fraction of sp³-hybridized carbons (Fsp3) is 0.125. The lowest BCUT2D eigenvalue weighted by Gasteiger charge is -2.10. The van der Waals surface area contributed by atoms with Gasteiger partial charge in [0.15, 0.2) is 0 Å². The summed E-state index contributed by atoms with van der Waals surface area (Å²) in [6, 6.07) is 6.53. The number of allylic oxidation sites excluding steroid dienone is 1. The summed E-state index contributed by atoms with van der Waals surface area (Å²) < 4.78 is 14.1. The van der Waals surface area contributed by atoms with E-state index < -0.39 is 17.1 Å². The van der Waals surface area contributed by atoms with Gasteiger partial charge in [-0.05, 0) is 12.1 Å². The van der Waals surface area contributed by atoms with Crippen molar-refractivity contribution in [2.75, 3.05) is 6.54 Å². The smallest absolute Gasteiger partial charge is 0.294 e. The average molecular weight is 329 g/mol. The summed E-state index contributed by atoms with van der Waals surface area (Å²) in [5, 5.41) is 0. The summed E-state index contributed by atoms with van der Waals surface area (Å²) in [7, 11) is 0. The van der Waals surface area contributed by atoms with Crippen LogP contribution in [0.25, 0.3) is 0 Å². The predicted octanol–water partition coefficient (Wildman–Crippen LogP) is 0.528. The van der Waals surface area contributed by atoms with Crippen LogP contribution in [0.5, 0.6) is 0 Å². The summed E-state index contributed by atoms with van der Waals surface area (Å²) in [5.41, 5.74) is -1.11. The van der Waals surface area contributed by atoms with Gasteiger partial charge in [0, 0.05) is 13.1 Å². The zero-order valence-corrected chi connectivity index (χ0v) is 12.4. The number of aromatic nitrogens is 2. The molecule has 1 aliphatic rings. The Kier molecular flexibility index (Phi) is 3.95. The molecule has 0 unspecified atom stereocenters. The minimum atomic E-state index is -1.08. The van der Waals surface area contributed by atoms with Gasteiger partial charge in [-0.15, -0.1) is 0 Å². The van der Waals surface area contributed by atoms with Crippen LogP contribution >= 0.6 is 0 Å². The first-order valence-electron chi connectivity index (χ1n) is 7.08. The van der Waals surface area contributed by atoms with Gasteiger partial charge in [-0.3, -0.25) is 28.8 Å². The molecule has 2 heterocycles. The molecule has 1 aromatic carbocycles. The quantitative estimate of drug-likeness (QED) is 0.654. The number of nitrogens with one attached hydrogen (secondary N) is 1. The summed E-state index contributed by atoms with van der Waals surface area (Å²) in [4.78, 5) is 49.6. The number of hydrogen-bond donors (Lipinski definition) is 1. The van der Waals surface area contributed by atoms with Crippen LogP contribution in [0.2, 0.25) is 0 Å². The molecular formula is C16H12FN3O4. The second kappa shape index (κ2) is 6.07. The summed E-state index contributed by atoms with van der Waals surface area (Å²) >= 11 is 0. The highest BCUT2D eigenvalue weighted by Gasteiger charge is 2.33. The molecule has 0 saturated heterocycles. The molecule has 8 heteroatoms. The van der Waals surface area contributed by atoms with Gasteiger partial charge in [0.05, 0.1) is 17.3 Å². The second-order valence-electron chi connectivity index (χ2n) is 5.13. The van der Waals surface area contributed by atoms with Gasteiger partial charge in [0.1, 0.15) is 0 Å². The van der Waals surface area contributed by atoms with Gasteiger partial charge in [0.25, 0.3) is 17.4 Å². The Balaban J connectivity index is 1.69. The minimum absolute atomic E-state index is 0.00426. The molecule has 1 aromatic heterocycles. The van der Waals surface area contributed by atoms with Crippen molar-refractivity contribution < 1.29 is 14.0 Å². The van der Waals surface area contributed by atoms with Crippen molar-refractivity contribution in [2.45, 2.75) is 6.54 Å². The molecule has 0 bridgehead atoms. The van der Waals surface area contributed by atoms with Crippen molar-refractivity contribution in [3.8, 4) is 0 Å². The number of hydrogen-bond acceptors (Lipinski definition) is 4. The van der Waals surface area contributed by atoms with Gasteiger partial charge < -0.3 is 0 Å². The molecular weight excluding hydrogens is 317 g/mol. The lowest BCUT2D eigenvalue weighted by molar-refractivity contribution is 0.0672. The number of nitrogens with zero attached hydrogens (tertiary/aromatic N) is 2. The van der Waals surface area contributed by atoms with Crippen LogP contribution < -0.4 is 11.2 Å². The van der Waals surface area contributed by atoms with Crippen molar-refractivity contribution in [1.82, 2.24) is 14.5 Å². The number of carbonyl (C=O) groups is 2. The molecule has 0 fully saturated rings. The summed E-state index contributed by atoms with van der Waals surface area (Å²) in [6.07, 6.45) is 3.83. The van der Waals surface area contributed by atoms with E-state index in [1.807, 2.05) is 4.98 Å². The molecule has 2 aromatic rings. The van der Waals surface area contributed by atoms with Gasteiger partial charge in [-0.1, -0.05) is 24.3 Å². The normalized spacial score (nSPS) is 13.8. The molecule has 122 valence electrons. The molecule has 1 N–H and O–H groups in total. The van der Waals surface area contributed by atoms with Gasteiger partial charge in [-0.25, -0.2) is 4.79 Å². The lowest BCUT2D eigenvalue weighted by Crippen LogP contribution is -2.31. The lowest BCUT2D eigenvalue weighted by atomic mass is 10.1. The maximum atomic E-state index is 13.1. The number of carbonyl (C=O) groups excluding carboxylic acids is 2. The van der Waals surface area contributed by atoms with Crippen LogP contribution in [0, 0.1) is 5.82 Å². The zero-order chi connectivity index (χ0) is 17.3. The van der Waals surface area contributed by atoms with Gasteiger partial charge >= 0.3 is 5.69 Å². The first-order valence-corrected chi connectivity index (χ1v) is 7.08. The van der Waals surface area contributed by atoms with E-state index in [-0.39, 0.29) is 24.9 Å². The largest absolute Gasteiger partial charge is 0.328 e. The third-order valence-corrected chi connectivity index (χ3v) is 3.60. The van der Waals surface area contributed by atoms with Crippen LogP contribution in [-0.2, 0) is 6.54 Å². The highest BCUT2D eigenvalue weighted by atomic mass is 19.1. The highest BCUT2D eigenvalue weighted by molar-refractivity contribution is 6.21. The van der Waals surface area contributed by atoms with Crippen LogP contribution in [0.3, 0.4) is 0 Å². The van der Waals surface area contributed by atoms with Gasteiger partial charge in [-0.2, -0.15) is 4.39 Å². The van der Waals surface area contributed by atoms with E-state index in [1.54, 1.807) is 24.3 Å². The fourth-order valence-corrected chi connectivity index (χ4v) is 2.39. The van der Waals surface area contributed by atoms with Crippen molar-refractivity contribution in [3.05, 3.63) is 80.4 Å². The molecule has 0 saturated carbocycles. The van der Waals surface area contributed by atoms with Gasteiger partial charge in [0.2, 0.25) is 5.82 Å². The first kappa shape index (κ1) is 15.6. The minimum Gasteiger partial charge on any atom is -0.294 e. The fourth-order valence-electron chi connectivity index (χ4n) is 2.39. The Bertz CT molecular complexity index is 939. The Hall–Kier alpha value is -3.29. The Morgan fingerprint density at radius 3 is 2.17 bits per heavy atom. The summed E-state index contributed by atoms with van der Waals surface area (Å²) in [6.45, 7) is 0.0304. The Labute approximate surface area is 134 Å². The van der Waals surface area contributed by atoms with E-state index in [1.165, 1.54) is 12.2 Å². The van der Waals surface area contributed by atoms with Crippen molar-refractivity contribution in [3.63, 3.8) is 0 Å². The predicted molar refractivity (Wildman–Crippen MR) is 82.2 cm³/mol.